The molecule has 0 atom stereocenters. The largest absolute Gasteiger partial charge is 0.457 e. The number of anilines is 1. The molecule has 2 aromatic heterocycles. The molecule has 0 saturated heterocycles. The summed E-state index contributed by atoms with van der Waals surface area (Å²) in [5, 5.41) is 18.0. The highest BCUT2D eigenvalue weighted by Crippen LogP contribution is 2.21. The molecule has 0 radical (unpaired) electrons. The van der Waals surface area contributed by atoms with Gasteiger partial charge in [-0.3, -0.25) is 10.1 Å². The van der Waals surface area contributed by atoms with Gasteiger partial charge in [-0.05, 0) is 24.3 Å². The predicted octanol–water partition coefficient (Wildman–Crippen LogP) is 1.73. The summed E-state index contributed by atoms with van der Waals surface area (Å²) in [5.41, 5.74) is 5.82. The lowest BCUT2D eigenvalue weighted by molar-refractivity contribution is -0.385. The van der Waals surface area contributed by atoms with Gasteiger partial charge in [-0.25, -0.2) is 0 Å². The molecule has 0 aliphatic carbocycles. The van der Waals surface area contributed by atoms with Crippen molar-refractivity contribution in [3.8, 4) is 0 Å². The van der Waals surface area contributed by atoms with Crippen molar-refractivity contribution in [3.05, 3.63) is 46.0 Å². The van der Waals surface area contributed by atoms with Gasteiger partial charge in [0, 0.05) is 0 Å². The summed E-state index contributed by atoms with van der Waals surface area (Å²) in [5.74, 6) is 0.472. The SMILES string of the molecule is Nc1ccc(/C=C/c2occc2[N+](=O)[O-])nn1. The van der Waals surface area contributed by atoms with Crippen LogP contribution in [0.1, 0.15) is 11.5 Å². The van der Waals surface area contributed by atoms with E-state index in [-0.39, 0.29) is 11.4 Å². The van der Waals surface area contributed by atoms with E-state index in [1.807, 2.05) is 0 Å². The Morgan fingerprint density at radius 1 is 1.29 bits per heavy atom. The third-order valence-corrected chi connectivity index (χ3v) is 1.98. The van der Waals surface area contributed by atoms with E-state index in [4.69, 9.17) is 10.2 Å². The van der Waals surface area contributed by atoms with E-state index in [1.54, 1.807) is 18.2 Å². The van der Waals surface area contributed by atoms with Crippen LogP contribution >= 0.6 is 0 Å². The van der Waals surface area contributed by atoms with Crippen LogP contribution in [0.15, 0.2) is 28.9 Å². The van der Waals surface area contributed by atoms with Gasteiger partial charge in [0.2, 0.25) is 5.76 Å². The Bertz CT molecular complexity index is 559. The average molecular weight is 232 g/mol. The van der Waals surface area contributed by atoms with Crippen LogP contribution in [0.4, 0.5) is 11.5 Å². The molecule has 0 aliphatic heterocycles. The number of nitrogens with zero attached hydrogens (tertiary/aromatic N) is 3. The second-order valence-corrected chi connectivity index (χ2v) is 3.14. The van der Waals surface area contributed by atoms with Gasteiger partial charge in [0.25, 0.3) is 0 Å². The molecule has 2 aromatic rings. The van der Waals surface area contributed by atoms with Crippen LogP contribution in [0.5, 0.6) is 0 Å². The van der Waals surface area contributed by atoms with Gasteiger partial charge in [0.05, 0.1) is 22.9 Å². The van der Waals surface area contributed by atoms with Crippen molar-refractivity contribution in [1.82, 2.24) is 10.2 Å². The highest BCUT2D eigenvalue weighted by Gasteiger charge is 2.13. The molecule has 2 N–H and O–H groups in total. The molecule has 7 heteroatoms. The van der Waals surface area contributed by atoms with Crippen molar-refractivity contribution in [2.45, 2.75) is 0 Å². The first-order chi connectivity index (χ1) is 8.16. The fraction of sp³-hybridized carbons (Fsp3) is 0. The molecule has 0 amide bonds. The molecule has 17 heavy (non-hydrogen) atoms. The van der Waals surface area contributed by atoms with Crippen LogP contribution in [0.3, 0.4) is 0 Å². The first-order valence-corrected chi connectivity index (χ1v) is 4.66. The van der Waals surface area contributed by atoms with Gasteiger partial charge in [-0.1, -0.05) is 0 Å². The lowest BCUT2D eigenvalue weighted by Gasteiger charge is -1.92. The third-order valence-electron chi connectivity index (χ3n) is 1.98. The van der Waals surface area contributed by atoms with Gasteiger partial charge in [-0.15, -0.1) is 10.2 Å². The number of hydrogen-bond acceptors (Lipinski definition) is 6. The van der Waals surface area contributed by atoms with Crippen LogP contribution in [0, 0.1) is 10.1 Å². The fourth-order valence-corrected chi connectivity index (χ4v) is 1.19. The maximum Gasteiger partial charge on any atom is 0.314 e. The topological polar surface area (TPSA) is 108 Å². The van der Waals surface area contributed by atoms with E-state index in [1.165, 1.54) is 18.4 Å². The van der Waals surface area contributed by atoms with Crippen molar-refractivity contribution in [2.24, 2.45) is 0 Å². The second kappa shape index (κ2) is 4.44. The van der Waals surface area contributed by atoms with Crippen LogP contribution in [-0.2, 0) is 0 Å². The average Bonchev–Trinajstić information content (AvgIpc) is 2.76. The van der Waals surface area contributed by atoms with Gasteiger partial charge < -0.3 is 10.2 Å². The second-order valence-electron chi connectivity index (χ2n) is 3.14. The highest BCUT2D eigenvalue weighted by atomic mass is 16.6. The van der Waals surface area contributed by atoms with E-state index >= 15 is 0 Å². The molecular formula is C10H8N4O3. The van der Waals surface area contributed by atoms with Crippen LogP contribution in [0.25, 0.3) is 12.2 Å². The Morgan fingerprint density at radius 2 is 2.12 bits per heavy atom. The van der Waals surface area contributed by atoms with E-state index < -0.39 is 4.92 Å². The Morgan fingerprint density at radius 3 is 2.76 bits per heavy atom. The zero-order valence-electron chi connectivity index (χ0n) is 8.61. The summed E-state index contributed by atoms with van der Waals surface area (Å²) >= 11 is 0. The normalized spacial score (nSPS) is 10.8. The molecule has 7 nitrogen and oxygen atoms in total. The quantitative estimate of drug-likeness (QED) is 0.637. The van der Waals surface area contributed by atoms with E-state index in [2.05, 4.69) is 10.2 Å². The van der Waals surface area contributed by atoms with Gasteiger partial charge in [-0.2, -0.15) is 0 Å². The summed E-state index contributed by atoms with van der Waals surface area (Å²) in [4.78, 5) is 10.1. The number of nitrogen functional groups attached to an aromatic ring is 1. The summed E-state index contributed by atoms with van der Waals surface area (Å²) in [6.07, 6.45) is 4.27. The first kappa shape index (κ1) is 10.8. The molecular weight excluding hydrogens is 224 g/mol. The molecule has 0 saturated carbocycles. The van der Waals surface area contributed by atoms with Crippen LogP contribution in [0.2, 0.25) is 0 Å². The molecule has 0 unspecified atom stereocenters. The number of furan rings is 1. The molecule has 86 valence electrons. The fourth-order valence-electron chi connectivity index (χ4n) is 1.19. The van der Waals surface area contributed by atoms with Gasteiger partial charge in [0.15, 0.2) is 0 Å². The zero-order valence-corrected chi connectivity index (χ0v) is 8.61. The standard InChI is InChI=1S/C10H8N4O3/c11-10-4-2-7(12-13-10)1-3-9-8(14(15)16)5-6-17-9/h1-6H,(H2,11,13)/b3-1+. The van der Waals surface area contributed by atoms with Crippen LogP contribution in [-0.4, -0.2) is 15.1 Å². The van der Waals surface area contributed by atoms with E-state index in [0.29, 0.717) is 11.5 Å². The van der Waals surface area contributed by atoms with E-state index in [9.17, 15) is 10.1 Å². The molecule has 0 spiro atoms. The van der Waals surface area contributed by atoms with Gasteiger partial charge in [0.1, 0.15) is 5.82 Å². The maximum absolute atomic E-state index is 10.6. The predicted molar refractivity (Wildman–Crippen MR) is 60.7 cm³/mol. The highest BCUT2D eigenvalue weighted by molar-refractivity contribution is 5.69. The molecule has 2 rings (SSSR count). The van der Waals surface area contributed by atoms with Crippen molar-refractivity contribution in [3.63, 3.8) is 0 Å². The molecule has 0 aliphatic rings. The zero-order chi connectivity index (χ0) is 12.3. The van der Waals surface area contributed by atoms with Crippen molar-refractivity contribution in [2.75, 3.05) is 5.73 Å². The number of nitro groups is 1. The van der Waals surface area contributed by atoms with Crippen molar-refractivity contribution >= 4 is 23.7 Å². The van der Waals surface area contributed by atoms with Crippen molar-refractivity contribution < 1.29 is 9.34 Å². The lowest BCUT2D eigenvalue weighted by atomic mass is 10.3. The lowest BCUT2D eigenvalue weighted by Crippen LogP contribution is -1.93. The minimum Gasteiger partial charge on any atom is -0.457 e. The Hall–Kier alpha value is -2.70. The Balaban J connectivity index is 2.23. The molecule has 0 bridgehead atoms. The van der Waals surface area contributed by atoms with E-state index in [0.717, 1.165) is 0 Å². The van der Waals surface area contributed by atoms with Gasteiger partial charge >= 0.3 is 5.69 Å². The summed E-state index contributed by atoms with van der Waals surface area (Å²) in [6.45, 7) is 0. The first-order valence-electron chi connectivity index (χ1n) is 4.66. The minimum atomic E-state index is -0.516. The number of aromatic nitrogens is 2. The number of rotatable bonds is 3. The smallest absolute Gasteiger partial charge is 0.314 e. The minimum absolute atomic E-state index is 0.0929. The van der Waals surface area contributed by atoms with Crippen molar-refractivity contribution in [1.29, 1.82) is 0 Å². The number of nitrogens with two attached hydrogens (primary N) is 1. The Kier molecular flexibility index (Phi) is 2.82. The van der Waals surface area contributed by atoms with Crippen LogP contribution < -0.4 is 5.73 Å². The molecule has 0 aromatic carbocycles. The molecule has 0 fully saturated rings. The number of hydrogen-bond donors (Lipinski definition) is 1. The summed E-state index contributed by atoms with van der Waals surface area (Å²) < 4.78 is 4.97. The molecule has 2 heterocycles. The summed E-state index contributed by atoms with van der Waals surface area (Å²) in [6, 6.07) is 4.52. The summed E-state index contributed by atoms with van der Waals surface area (Å²) in [7, 11) is 0. The third kappa shape index (κ3) is 2.46. The maximum atomic E-state index is 10.6. The monoisotopic (exact) mass is 232 g/mol. The Labute approximate surface area is 95.7 Å².